The van der Waals surface area contributed by atoms with E-state index >= 15 is 0 Å². The number of rotatable bonds is 6. The maximum Gasteiger partial charge on any atom is 0.332 e. The van der Waals surface area contributed by atoms with E-state index in [1.165, 1.54) is 11.1 Å². The number of anilines is 1. The fraction of sp³-hybridized carbons (Fsp3) is 0.208. The molecule has 0 spiro atoms. The van der Waals surface area contributed by atoms with Crippen molar-refractivity contribution in [2.24, 2.45) is 0 Å². The lowest BCUT2D eigenvalue weighted by molar-refractivity contribution is -0.130. The molecule has 11 heteroatoms. The molecule has 0 aliphatic carbocycles. The third-order valence-electron chi connectivity index (χ3n) is 5.75. The first kappa shape index (κ1) is 22.4. The van der Waals surface area contributed by atoms with Gasteiger partial charge in [0.05, 0.1) is 30.3 Å². The van der Waals surface area contributed by atoms with E-state index in [0.29, 0.717) is 16.9 Å². The predicted octanol–water partition coefficient (Wildman–Crippen LogP) is 5.08. The van der Waals surface area contributed by atoms with Crippen LogP contribution in [0.1, 0.15) is 31.9 Å². The van der Waals surface area contributed by atoms with Crippen molar-refractivity contribution in [2.75, 3.05) is 4.90 Å². The van der Waals surface area contributed by atoms with Crippen LogP contribution in [0, 0.1) is 0 Å². The van der Waals surface area contributed by atoms with E-state index < -0.39 is 23.9 Å². The molecule has 1 fully saturated rings. The second-order valence-corrected chi connectivity index (χ2v) is 8.41. The van der Waals surface area contributed by atoms with Crippen molar-refractivity contribution in [1.82, 2.24) is 20.1 Å². The van der Waals surface area contributed by atoms with Crippen LogP contribution in [0.25, 0.3) is 22.6 Å². The Morgan fingerprint density at radius 2 is 1.71 bits per heavy atom. The van der Waals surface area contributed by atoms with Crippen molar-refractivity contribution >= 4 is 17.6 Å². The molecule has 5 rings (SSSR count). The van der Waals surface area contributed by atoms with Crippen molar-refractivity contribution in [3.05, 3.63) is 72.8 Å². The first-order valence-electron chi connectivity index (χ1n) is 10.6. The fourth-order valence-corrected chi connectivity index (χ4v) is 3.92. The van der Waals surface area contributed by atoms with Gasteiger partial charge in [0.1, 0.15) is 5.54 Å². The number of pyridine rings is 1. The number of carbonyl (C=O) groups is 2. The Labute approximate surface area is 198 Å². The van der Waals surface area contributed by atoms with Gasteiger partial charge < -0.3 is 8.83 Å². The molecule has 1 aliphatic rings. The molecule has 3 amide bonds. The second kappa shape index (κ2) is 8.42. The minimum atomic E-state index is -2.87. The lowest BCUT2D eigenvalue weighted by atomic mass is 10.0. The number of hydrogen-bond acceptors (Lipinski definition) is 7. The third-order valence-corrected chi connectivity index (χ3v) is 5.75. The smallest absolute Gasteiger partial charge is 0.332 e. The van der Waals surface area contributed by atoms with Gasteiger partial charge in [-0.25, -0.2) is 4.79 Å². The number of benzene rings is 1. The van der Waals surface area contributed by atoms with Crippen molar-refractivity contribution < 1.29 is 27.2 Å². The summed E-state index contributed by atoms with van der Waals surface area (Å²) in [4.78, 5) is 33.3. The van der Waals surface area contributed by atoms with Gasteiger partial charge in [0.25, 0.3) is 11.8 Å². The first-order chi connectivity index (χ1) is 16.8. The highest BCUT2D eigenvalue weighted by molar-refractivity contribution is 6.16. The molecule has 0 unspecified atom stereocenters. The first-order valence-corrected chi connectivity index (χ1v) is 10.6. The van der Waals surface area contributed by atoms with Gasteiger partial charge in [-0.1, -0.05) is 12.1 Å². The van der Waals surface area contributed by atoms with Crippen LogP contribution in [0.2, 0.25) is 0 Å². The highest BCUT2D eigenvalue weighted by Crippen LogP contribution is 2.35. The van der Waals surface area contributed by atoms with E-state index in [1.807, 2.05) is 18.2 Å². The Hall–Kier alpha value is -4.41. The number of nitrogens with zero attached hydrogens (tertiary/aromatic N) is 5. The summed E-state index contributed by atoms with van der Waals surface area (Å²) >= 11 is 0. The van der Waals surface area contributed by atoms with Crippen molar-refractivity contribution in [2.45, 2.75) is 32.4 Å². The number of carbonyl (C=O) groups excluding carboxylic acids is 2. The summed E-state index contributed by atoms with van der Waals surface area (Å²) < 4.78 is 35.4. The molecular formula is C24H19F2N5O4. The molecule has 0 bridgehead atoms. The topological polar surface area (TPSA) is 106 Å². The van der Waals surface area contributed by atoms with Gasteiger partial charge in [0.15, 0.2) is 0 Å². The zero-order valence-electron chi connectivity index (χ0n) is 18.7. The number of imide groups is 1. The van der Waals surface area contributed by atoms with Gasteiger partial charge in [-0.15, -0.1) is 10.2 Å². The molecule has 1 aromatic carbocycles. The summed E-state index contributed by atoms with van der Waals surface area (Å²) in [5.74, 6) is -1.25. The number of halogens is 2. The monoisotopic (exact) mass is 479 g/mol. The van der Waals surface area contributed by atoms with E-state index in [0.717, 1.165) is 16.0 Å². The Kier molecular flexibility index (Phi) is 5.39. The quantitative estimate of drug-likeness (QED) is 0.355. The lowest BCUT2D eigenvalue weighted by Gasteiger charge is -2.27. The Morgan fingerprint density at radius 1 is 0.971 bits per heavy atom. The number of urea groups is 1. The predicted molar refractivity (Wildman–Crippen MR) is 119 cm³/mol. The van der Waals surface area contributed by atoms with Crippen LogP contribution in [-0.4, -0.2) is 37.6 Å². The number of furan rings is 1. The van der Waals surface area contributed by atoms with E-state index in [4.69, 9.17) is 8.83 Å². The highest BCUT2D eigenvalue weighted by atomic mass is 19.3. The number of aromatic nitrogens is 3. The van der Waals surface area contributed by atoms with Crippen LogP contribution in [0.3, 0.4) is 0 Å². The standard InChI is InChI=1S/C24H19F2N5O4/c1-24(2)22(32)30(12-17-6-3-15(11-27-17)20-28-29-21(35-20)19(25)26)23(33)31(24)18-7-4-14(5-8-18)16-9-10-34-13-16/h3-11,13,19H,12H2,1-2H3. The molecule has 35 heavy (non-hydrogen) atoms. The summed E-state index contributed by atoms with van der Waals surface area (Å²) in [6.45, 7) is 3.31. The molecule has 0 saturated carbocycles. The van der Waals surface area contributed by atoms with Crippen LogP contribution < -0.4 is 4.90 Å². The number of hydrogen-bond donors (Lipinski definition) is 0. The molecule has 1 saturated heterocycles. The molecule has 4 aromatic rings. The fourth-order valence-electron chi connectivity index (χ4n) is 3.92. The Bertz CT molecular complexity index is 1370. The average Bonchev–Trinajstić information content (AvgIpc) is 3.58. The Morgan fingerprint density at radius 3 is 2.31 bits per heavy atom. The van der Waals surface area contributed by atoms with E-state index in [9.17, 15) is 18.4 Å². The lowest BCUT2D eigenvalue weighted by Crippen LogP contribution is -2.44. The zero-order valence-corrected chi connectivity index (χ0v) is 18.7. The van der Waals surface area contributed by atoms with Crippen LogP contribution in [0.5, 0.6) is 0 Å². The number of alkyl halides is 2. The number of amides is 3. The molecule has 1 aliphatic heterocycles. The molecular weight excluding hydrogens is 460 g/mol. The van der Waals surface area contributed by atoms with Crippen molar-refractivity contribution in [1.29, 1.82) is 0 Å². The van der Waals surface area contributed by atoms with Gasteiger partial charge >= 0.3 is 12.5 Å². The summed E-state index contributed by atoms with van der Waals surface area (Å²) in [5, 5.41) is 6.87. The highest BCUT2D eigenvalue weighted by Gasteiger charge is 2.52. The van der Waals surface area contributed by atoms with Crippen LogP contribution >= 0.6 is 0 Å². The van der Waals surface area contributed by atoms with Gasteiger partial charge in [-0.3, -0.25) is 19.6 Å². The molecule has 0 N–H and O–H groups in total. The summed E-state index contributed by atoms with van der Waals surface area (Å²) in [6, 6.07) is 11.8. The minimum Gasteiger partial charge on any atom is -0.472 e. The molecule has 178 valence electrons. The van der Waals surface area contributed by atoms with Gasteiger partial charge in [0.2, 0.25) is 5.89 Å². The summed E-state index contributed by atoms with van der Waals surface area (Å²) in [5.41, 5.74) is 2.06. The molecule has 3 aromatic heterocycles. The van der Waals surface area contributed by atoms with Crippen molar-refractivity contribution in [3.8, 4) is 22.6 Å². The largest absolute Gasteiger partial charge is 0.472 e. The maximum absolute atomic E-state index is 13.3. The van der Waals surface area contributed by atoms with Crippen molar-refractivity contribution in [3.63, 3.8) is 0 Å². The van der Waals surface area contributed by atoms with Gasteiger partial charge in [0, 0.05) is 17.4 Å². The zero-order chi connectivity index (χ0) is 24.7. The van der Waals surface area contributed by atoms with E-state index in [2.05, 4.69) is 15.2 Å². The normalized spacial score (nSPS) is 15.5. The van der Waals surface area contributed by atoms with Crippen LogP contribution in [-0.2, 0) is 11.3 Å². The second-order valence-electron chi connectivity index (χ2n) is 8.41. The van der Waals surface area contributed by atoms with Gasteiger partial charge in [-0.2, -0.15) is 8.78 Å². The molecule has 9 nitrogen and oxygen atoms in total. The van der Waals surface area contributed by atoms with Crippen LogP contribution in [0.15, 0.2) is 70.0 Å². The van der Waals surface area contributed by atoms with Crippen LogP contribution in [0.4, 0.5) is 19.3 Å². The SMILES string of the molecule is CC1(C)C(=O)N(Cc2ccc(-c3nnc(C(F)F)o3)cn2)C(=O)N1c1ccc(-c2ccoc2)cc1. The molecule has 0 radical (unpaired) electrons. The summed E-state index contributed by atoms with van der Waals surface area (Å²) in [7, 11) is 0. The van der Waals surface area contributed by atoms with Gasteiger partial charge in [-0.05, 0) is 49.7 Å². The maximum atomic E-state index is 13.3. The molecule has 4 heterocycles. The van der Waals surface area contributed by atoms with E-state index in [1.54, 1.807) is 50.6 Å². The minimum absolute atomic E-state index is 0.0584. The third kappa shape index (κ3) is 3.94. The molecule has 0 atom stereocenters. The average molecular weight is 479 g/mol. The summed E-state index contributed by atoms with van der Waals surface area (Å²) in [6.07, 6.45) is 1.69. The Balaban J connectivity index is 1.35. The van der Waals surface area contributed by atoms with E-state index in [-0.39, 0.29) is 18.3 Å².